The fraction of sp³-hybridized carbons (Fsp3) is 0.0833. The highest BCUT2D eigenvalue weighted by Gasteiger charge is 2.01. The molecule has 0 aliphatic heterocycles. The summed E-state index contributed by atoms with van der Waals surface area (Å²) in [6.07, 6.45) is 1.55. The Morgan fingerprint density at radius 2 is 2.12 bits per heavy atom. The normalized spacial score (nSPS) is 10.1. The van der Waals surface area contributed by atoms with Crippen molar-refractivity contribution in [3.63, 3.8) is 0 Å². The molecule has 0 bridgehead atoms. The van der Waals surface area contributed by atoms with Gasteiger partial charge in [0.1, 0.15) is 0 Å². The smallest absolute Gasteiger partial charge is 0.165 e. The summed E-state index contributed by atoms with van der Waals surface area (Å²) in [6, 6.07) is 10.3. The van der Waals surface area contributed by atoms with Gasteiger partial charge < -0.3 is 5.32 Å². The summed E-state index contributed by atoms with van der Waals surface area (Å²) < 4.78 is 13.2. The maximum Gasteiger partial charge on any atom is 0.165 e. The van der Waals surface area contributed by atoms with Crippen LogP contribution in [0.25, 0.3) is 0 Å². The SMILES string of the molecule is Fc1cccnc1NCc1cccc(Cl)c1. The minimum atomic E-state index is -0.357. The number of pyridine rings is 1. The average Bonchev–Trinajstić information content (AvgIpc) is 2.28. The van der Waals surface area contributed by atoms with Crippen LogP contribution in [0.4, 0.5) is 10.2 Å². The lowest BCUT2D eigenvalue weighted by molar-refractivity contribution is 0.624. The zero-order chi connectivity index (χ0) is 11.4. The Morgan fingerprint density at radius 3 is 2.88 bits per heavy atom. The second kappa shape index (κ2) is 4.94. The van der Waals surface area contributed by atoms with Crippen molar-refractivity contribution >= 4 is 17.4 Å². The maximum absolute atomic E-state index is 13.2. The van der Waals surface area contributed by atoms with E-state index in [-0.39, 0.29) is 11.6 Å². The van der Waals surface area contributed by atoms with E-state index in [0.29, 0.717) is 11.6 Å². The van der Waals surface area contributed by atoms with Crippen molar-refractivity contribution in [1.82, 2.24) is 4.98 Å². The Morgan fingerprint density at radius 1 is 1.25 bits per heavy atom. The van der Waals surface area contributed by atoms with Crippen LogP contribution in [0.5, 0.6) is 0 Å². The minimum absolute atomic E-state index is 0.252. The maximum atomic E-state index is 13.2. The molecule has 4 heteroatoms. The molecule has 0 aliphatic carbocycles. The molecule has 0 unspecified atom stereocenters. The molecule has 1 aromatic carbocycles. The highest BCUT2D eigenvalue weighted by Crippen LogP contribution is 2.13. The molecule has 0 amide bonds. The molecule has 0 saturated carbocycles. The van der Waals surface area contributed by atoms with E-state index in [2.05, 4.69) is 10.3 Å². The number of hydrogen-bond acceptors (Lipinski definition) is 2. The molecule has 1 heterocycles. The van der Waals surface area contributed by atoms with Crippen molar-refractivity contribution in [3.8, 4) is 0 Å². The number of anilines is 1. The summed E-state index contributed by atoms with van der Waals surface area (Å²) in [5, 5.41) is 3.58. The molecule has 0 aliphatic rings. The van der Waals surface area contributed by atoms with Gasteiger partial charge in [-0.2, -0.15) is 0 Å². The van der Waals surface area contributed by atoms with E-state index in [9.17, 15) is 4.39 Å². The molecule has 82 valence electrons. The first kappa shape index (κ1) is 10.9. The third kappa shape index (κ3) is 2.70. The molecule has 16 heavy (non-hydrogen) atoms. The van der Waals surface area contributed by atoms with Crippen LogP contribution < -0.4 is 5.32 Å². The molecule has 1 N–H and O–H groups in total. The van der Waals surface area contributed by atoms with Crippen molar-refractivity contribution in [1.29, 1.82) is 0 Å². The largest absolute Gasteiger partial charge is 0.364 e. The molecule has 2 rings (SSSR count). The number of nitrogens with one attached hydrogen (secondary N) is 1. The van der Waals surface area contributed by atoms with Crippen molar-refractivity contribution in [2.24, 2.45) is 0 Å². The van der Waals surface area contributed by atoms with Gasteiger partial charge in [0.25, 0.3) is 0 Å². The number of aromatic nitrogens is 1. The summed E-state index contributed by atoms with van der Waals surface area (Å²) in [5.74, 6) is -0.105. The first-order valence-electron chi connectivity index (χ1n) is 4.84. The van der Waals surface area contributed by atoms with E-state index in [1.54, 1.807) is 18.3 Å². The fourth-order valence-electron chi connectivity index (χ4n) is 1.35. The van der Waals surface area contributed by atoms with Gasteiger partial charge in [0.05, 0.1) is 0 Å². The number of nitrogens with zero attached hydrogens (tertiary/aromatic N) is 1. The van der Waals surface area contributed by atoms with Crippen LogP contribution >= 0.6 is 11.6 Å². The summed E-state index contributed by atoms with van der Waals surface area (Å²) in [6.45, 7) is 0.495. The lowest BCUT2D eigenvalue weighted by Gasteiger charge is -2.06. The van der Waals surface area contributed by atoms with E-state index in [1.165, 1.54) is 6.07 Å². The van der Waals surface area contributed by atoms with Gasteiger partial charge in [0, 0.05) is 17.8 Å². The fourth-order valence-corrected chi connectivity index (χ4v) is 1.56. The van der Waals surface area contributed by atoms with Crippen molar-refractivity contribution < 1.29 is 4.39 Å². The van der Waals surface area contributed by atoms with Crippen LogP contribution in [-0.4, -0.2) is 4.98 Å². The first-order valence-corrected chi connectivity index (χ1v) is 5.22. The summed E-state index contributed by atoms with van der Waals surface area (Å²) in [7, 11) is 0. The molecule has 0 spiro atoms. The van der Waals surface area contributed by atoms with Crippen LogP contribution in [0.1, 0.15) is 5.56 Å². The third-order valence-electron chi connectivity index (χ3n) is 2.11. The van der Waals surface area contributed by atoms with Gasteiger partial charge in [-0.3, -0.25) is 0 Å². The third-order valence-corrected chi connectivity index (χ3v) is 2.34. The molecule has 2 aromatic rings. The molecular weight excluding hydrogens is 227 g/mol. The highest BCUT2D eigenvalue weighted by atomic mass is 35.5. The Hall–Kier alpha value is -1.61. The predicted molar refractivity (Wildman–Crippen MR) is 63.0 cm³/mol. The topological polar surface area (TPSA) is 24.9 Å². The van der Waals surface area contributed by atoms with Gasteiger partial charge >= 0.3 is 0 Å². The Kier molecular flexibility index (Phi) is 3.37. The van der Waals surface area contributed by atoms with Gasteiger partial charge in [-0.15, -0.1) is 0 Å². The molecule has 0 radical (unpaired) electrons. The van der Waals surface area contributed by atoms with Crippen molar-refractivity contribution in [2.45, 2.75) is 6.54 Å². The van der Waals surface area contributed by atoms with Gasteiger partial charge in [0.15, 0.2) is 11.6 Å². The summed E-state index contributed by atoms with van der Waals surface area (Å²) in [5.41, 5.74) is 0.984. The Balaban J connectivity index is 2.05. The average molecular weight is 237 g/mol. The van der Waals surface area contributed by atoms with Crippen LogP contribution in [0.2, 0.25) is 5.02 Å². The van der Waals surface area contributed by atoms with Gasteiger partial charge in [-0.25, -0.2) is 9.37 Å². The first-order chi connectivity index (χ1) is 7.75. The quantitative estimate of drug-likeness (QED) is 0.883. The predicted octanol–water partition coefficient (Wildman–Crippen LogP) is 3.49. The number of hydrogen-bond donors (Lipinski definition) is 1. The van der Waals surface area contributed by atoms with Gasteiger partial charge in [0.2, 0.25) is 0 Å². The molecule has 1 aromatic heterocycles. The van der Waals surface area contributed by atoms with Crippen LogP contribution in [0.3, 0.4) is 0 Å². The molecular formula is C12H10ClFN2. The number of benzene rings is 1. The van der Waals surface area contributed by atoms with Gasteiger partial charge in [-0.05, 0) is 29.8 Å². The van der Waals surface area contributed by atoms with Gasteiger partial charge in [-0.1, -0.05) is 23.7 Å². The zero-order valence-electron chi connectivity index (χ0n) is 8.45. The van der Waals surface area contributed by atoms with E-state index in [1.807, 2.05) is 18.2 Å². The molecule has 0 fully saturated rings. The van der Waals surface area contributed by atoms with Crippen LogP contribution in [-0.2, 0) is 6.54 Å². The summed E-state index contributed by atoms with van der Waals surface area (Å²) in [4.78, 5) is 3.90. The lowest BCUT2D eigenvalue weighted by atomic mass is 10.2. The molecule has 2 nitrogen and oxygen atoms in total. The van der Waals surface area contributed by atoms with E-state index in [0.717, 1.165) is 5.56 Å². The number of halogens is 2. The minimum Gasteiger partial charge on any atom is -0.364 e. The van der Waals surface area contributed by atoms with Crippen molar-refractivity contribution in [2.75, 3.05) is 5.32 Å². The summed E-state index contributed by atoms with van der Waals surface area (Å²) >= 11 is 5.84. The standard InChI is InChI=1S/C12H10ClFN2/c13-10-4-1-3-9(7-10)8-16-12-11(14)5-2-6-15-12/h1-7H,8H2,(H,15,16). The van der Waals surface area contributed by atoms with E-state index in [4.69, 9.17) is 11.6 Å². The van der Waals surface area contributed by atoms with E-state index >= 15 is 0 Å². The number of rotatable bonds is 3. The Bertz CT molecular complexity index is 488. The van der Waals surface area contributed by atoms with Crippen LogP contribution in [0, 0.1) is 5.82 Å². The molecule has 0 saturated heterocycles. The second-order valence-electron chi connectivity index (χ2n) is 3.32. The van der Waals surface area contributed by atoms with Crippen molar-refractivity contribution in [3.05, 3.63) is 59.0 Å². The molecule has 0 atom stereocenters. The van der Waals surface area contributed by atoms with E-state index < -0.39 is 0 Å². The second-order valence-corrected chi connectivity index (χ2v) is 3.75. The van der Waals surface area contributed by atoms with Crippen LogP contribution in [0.15, 0.2) is 42.6 Å². The lowest BCUT2D eigenvalue weighted by Crippen LogP contribution is -2.03. The zero-order valence-corrected chi connectivity index (χ0v) is 9.21. The Labute approximate surface area is 98.1 Å². The monoisotopic (exact) mass is 236 g/mol. The highest BCUT2D eigenvalue weighted by molar-refractivity contribution is 6.30.